The number of aryl methyl sites for hydroxylation is 1. The van der Waals surface area contributed by atoms with Crippen LogP contribution in [0.1, 0.15) is 29.5 Å². The third kappa shape index (κ3) is 3.91. The number of sulfone groups is 1. The summed E-state index contributed by atoms with van der Waals surface area (Å²) >= 11 is 0. The lowest BCUT2D eigenvalue weighted by Gasteiger charge is -2.43. The van der Waals surface area contributed by atoms with E-state index in [0.29, 0.717) is 18.0 Å². The van der Waals surface area contributed by atoms with Gasteiger partial charge in [-0.3, -0.25) is 0 Å². The van der Waals surface area contributed by atoms with Gasteiger partial charge >= 0.3 is 18.0 Å². The molecule has 0 spiro atoms. The zero-order valence-corrected chi connectivity index (χ0v) is 20.7. The van der Waals surface area contributed by atoms with Crippen LogP contribution in [0.25, 0.3) is 0 Å². The molecule has 1 aromatic heterocycles. The molecule has 1 saturated heterocycles. The molecule has 2 atom stereocenters. The number of aromatic nitrogens is 1. The van der Waals surface area contributed by atoms with E-state index in [1.165, 1.54) is 6.20 Å². The maximum atomic E-state index is 14.9. The van der Waals surface area contributed by atoms with Crippen molar-refractivity contribution in [2.24, 2.45) is 0 Å². The molecule has 1 fully saturated rings. The number of anilines is 1. The largest absolute Gasteiger partial charge is 0.435 e. The quantitative estimate of drug-likeness (QED) is 0.266. The summed E-state index contributed by atoms with van der Waals surface area (Å²) < 4.78 is 136. The Kier molecular flexibility index (Phi) is 6.24. The molecule has 3 aromatic rings. The average molecular weight is 577 g/mol. The van der Waals surface area contributed by atoms with E-state index in [4.69, 9.17) is 0 Å². The molecule has 1 aliphatic heterocycles. The zero-order valence-electron chi connectivity index (χ0n) is 19.9. The molecule has 2 aliphatic rings. The lowest BCUT2D eigenvalue weighted by Crippen LogP contribution is -2.52. The van der Waals surface area contributed by atoms with Crippen LogP contribution in [0.3, 0.4) is 0 Å². The van der Waals surface area contributed by atoms with E-state index in [1.54, 1.807) is 23.1 Å². The Balaban J connectivity index is 1.73. The van der Waals surface area contributed by atoms with Crippen LogP contribution >= 0.6 is 0 Å². The number of benzene rings is 2. The fraction of sp³-hybridized carbons (Fsp3) is 0.346. The number of halogens is 8. The van der Waals surface area contributed by atoms with E-state index in [1.807, 2.05) is 0 Å². The Morgan fingerprint density at radius 3 is 2.15 bits per heavy atom. The SMILES string of the molecule is O=S(=O)(c1ccc(F)cc1)[C@@]12CCN(c3ccccn3)[C@@H]1CCc1cc(C(F)(C(F)(F)F)C(F)(F)F)ccc12. The zero-order chi connectivity index (χ0) is 28.4. The van der Waals surface area contributed by atoms with Gasteiger partial charge in [-0.25, -0.2) is 22.2 Å². The number of fused-ring (bicyclic) bond motifs is 3. The van der Waals surface area contributed by atoms with Crippen molar-refractivity contribution in [3.05, 3.63) is 89.4 Å². The van der Waals surface area contributed by atoms with E-state index in [2.05, 4.69) is 4.98 Å². The summed E-state index contributed by atoms with van der Waals surface area (Å²) in [7, 11) is -4.41. The molecular weight excluding hydrogens is 556 g/mol. The van der Waals surface area contributed by atoms with Gasteiger partial charge in [0.05, 0.1) is 10.9 Å². The summed E-state index contributed by atoms with van der Waals surface area (Å²) in [4.78, 5) is 5.76. The van der Waals surface area contributed by atoms with Crippen molar-refractivity contribution in [2.45, 2.75) is 53.0 Å². The molecule has 39 heavy (non-hydrogen) atoms. The molecule has 208 valence electrons. The molecule has 0 radical (unpaired) electrons. The standard InChI is InChI=1S/C26H20F8N2O2S/c27-18-6-8-19(9-7-18)39(37,38)23-12-14-36(22-3-1-2-13-35-22)21(23)11-4-16-15-17(5-10-20(16)23)24(28,25(29,30)31)26(32,33)34/h1-3,5-10,13,15,21H,4,11-12,14H2/t21-,23-/m1/s1. The normalized spacial score (nSPS) is 21.9. The van der Waals surface area contributed by atoms with Gasteiger partial charge in [-0.05, 0) is 66.8 Å². The highest BCUT2D eigenvalue weighted by atomic mass is 32.2. The van der Waals surface area contributed by atoms with Gasteiger partial charge in [-0.1, -0.05) is 24.3 Å². The first kappa shape index (κ1) is 27.4. The number of rotatable bonds is 4. The molecule has 2 heterocycles. The van der Waals surface area contributed by atoms with Crippen LogP contribution in [0, 0.1) is 5.82 Å². The molecular formula is C26H20F8N2O2S. The highest BCUT2D eigenvalue weighted by Crippen LogP contribution is 2.57. The lowest BCUT2D eigenvalue weighted by atomic mass is 9.77. The second kappa shape index (κ2) is 8.90. The van der Waals surface area contributed by atoms with Gasteiger partial charge in [0.2, 0.25) is 0 Å². The highest BCUT2D eigenvalue weighted by Gasteiger charge is 2.73. The predicted molar refractivity (Wildman–Crippen MR) is 125 cm³/mol. The van der Waals surface area contributed by atoms with Crippen molar-refractivity contribution in [1.82, 2.24) is 4.98 Å². The second-order valence-electron chi connectivity index (χ2n) is 9.56. The molecule has 4 nitrogen and oxygen atoms in total. The predicted octanol–water partition coefficient (Wildman–Crippen LogP) is 6.40. The van der Waals surface area contributed by atoms with Crippen LogP contribution in [-0.2, 0) is 26.7 Å². The second-order valence-corrected chi connectivity index (χ2v) is 11.8. The maximum Gasteiger partial charge on any atom is 0.435 e. The van der Waals surface area contributed by atoms with Crippen molar-refractivity contribution < 1.29 is 43.5 Å². The van der Waals surface area contributed by atoms with Gasteiger partial charge in [0, 0.05) is 18.3 Å². The van der Waals surface area contributed by atoms with Crippen molar-refractivity contribution in [3.8, 4) is 0 Å². The fourth-order valence-electron chi connectivity index (χ4n) is 5.85. The smallest absolute Gasteiger partial charge is 0.352 e. The van der Waals surface area contributed by atoms with Crippen molar-refractivity contribution in [1.29, 1.82) is 0 Å². The topological polar surface area (TPSA) is 50.3 Å². The third-order valence-electron chi connectivity index (χ3n) is 7.61. The molecule has 1 aliphatic carbocycles. The van der Waals surface area contributed by atoms with Crippen molar-refractivity contribution in [3.63, 3.8) is 0 Å². The summed E-state index contributed by atoms with van der Waals surface area (Å²) in [5, 5.41) is 0. The number of hydrogen-bond donors (Lipinski definition) is 0. The van der Waals surface area contributed by atoms with Crippen molar-refractivity contribution >= 4 is 15.7 Å². The van der Waals surface area contributed by atoms with Gasteiger partial charge < -0.3 is 4.90 Å². The first-order valence-corrected chi connectivity index (χ1v) is 13.3. The molecule has 13 heteroatoms. The highest BCUT2D eigenvalue weighted by molar-refractivity contribution is 7.92. The minimum absolute atomic E-state index is 0.0167. The summed E-state index contributed by atoms with van der Waals surface area (Å²) in [6.45, 7) is 0.154. The first-order valence-electron chi connectivity index (χ1n) is 11.8. The Morgan fingerprint density at radius 2 is 1.56 bits per heavy atom. The summed E-state index contributed by atoms with van der Waals surface area (Å²) in [5.41, 5.74) is -7.47. The Morgan fingerprint density at radius 1 is 0.897 bits per heavy atom. The number of alkyl halides is 7. The van der Waals surface area contributed by atoms with Gasteiger partial charge in [-0.2, -0.15) is 26.3 Å². The molecule has 0 N–H and O–H groups in total. The van der Waals surface area contributed by atoms with Crippen LogP contribution in [0.4, 0.5) is 40.9 Å². The van der Waals surface area contributed by atoms with Crippen LogP contribution in [-0.4, -0.2) is 38.3 Å². The number of pyridine rings is 1. The molecule has 0 saturated carbocycles. The molecule has 5 rings (SSSR count). The fourth-order valence-corrected chi connectivity index (χ4v) is 8.22. The molecule has 2 aromatic carbocycles. The maximum absolute atomic E-state index is 14.9. The van der Waals surface area contributed by atoms with Gasteiger partial charge in [-0.15, -0.1) is 0 Å². The first-order chi connectivity index (χ1) is 18.1. The van der Waals surface area contributed by atoms with E-state index >= 15 is 0 Å². The average Bonchev–Trinajstić information content (AvgIpc) is 3.29. The van der Waals surface area contributed by atoms with Gasteiger partial charge in [0.1, 0.15) is 16.4 Å². The number of nitrogens with zero attached hydrogens (tertiary/aromatic N) is 2. The van der Waals surface area contributed by atoms with E-state index in [9.17, 15) is 43.5 Å². The minimum Gasteiger partial charge on any atom is -0.352 e. The Bertz CT molecular complexity index is 1480. The minimum atomic E-state index is -6.31. The molecule has 0 amide bonds. The van der Waals surface area contributed by atoms with Crippen LogP contribution < -0.4 is 4.90 Å². The van der Waals surface area contributed by atoms with Gasteiger partial charge in [0.25, 0.3) is 0 Å². The van der Waals surface area contributed by atoms with Crippen LogP contribution in [0.2, 0.25) is 0 Å². The Labute approximate surface area is 218 Å². The Hall–Kier alpha value is -3.22. The lowest BCUT2D eigenvalue weighted by molar-refractivity contribution is -0.348. The third-order valence-corrected chi connectivity index (χ3v) is 10.2. The van der Waals surface area contributed by atoms with E-state index in [0.717, 1.165) is 30.3 Å². The molecule has 0 unspecified atom stereocenters. The monoisotopic (exact) mass is 576 g/mol. The van der Waals surface area contributed by atoms with Gasteiger partial charge in [0.15, 0.2) is 9.84 Å². The molecule has 0 bridgehead atoms. The van der Waals surface area contributed by atoms with E-state index < -0.39 is 50.0 Å². The summed E-state index contributed by atoms with van der Waals surface area (Å²) in [6, 6.07) is 9.88. The van der Waals surface area contributed by atoms with E-state index in [-0.39, 0.29) is 41.8 Å². The summed E-state index contributed by atoms with van der Waals surface area (Å²) in [5.74, 6) is -0.257. The number of hydrogen-bond acceptors (Lipinski definition) is 4. The van der Waals surface area contributed by atoms with Crippen LogP contribution in [0.15, 0.2) is 71.8 Å². The van der Waals surface area contributed by atoms with Crippen molar-refractivity contribution in [2.75, 3.05) is 11.4 Å². The summed E-state index contributed by atoms with van der Waals surface area (Å²) in [6.07, 6.45) is -11.3. The van der Waals surface area contributed by atoms with Crippen LogP contribution in [0.5, 0.6) is 0 Å².